The molecule has 0 spiro atoms. The molecule has 0 radical (unpaired) electrons. The quantitative estimate of drug-likeness (QED) is 0.0306. The second-order valence-electron chi connectivity index (χ2n) is 10.1. The van der Waals surface area contributed by atoms with Gasteiger partial charge in [0.1, 0.15) is 24.2 Å². The first-order chi connectivity index (χ1) is 20.9. The van der Waals surface area contributed by atoms with E-state index in [-0.39, 0.29) is 25.3 Å². The van der Waals surface area contributed by atoms with Crippen molar-refractivity contribution in [1.82, 2.24) is 21.3 Å². The molecular weight excluding hydrogens is 604 g/mol. The van der Waals surface area contributed by atoms with E-state index in [1.54, 1.807) is 6.92 Å². The molecule has 0 heterocycles. The molecule has 0 saturated heterocycles. The van der Waals surface area contributed by atoms with E-state index in [4.69, 9.17) is 27.4 Å². The van der Waals surface area contributed by atoms with Crippen LogP contribution in [-0.4, -0.2) is 111 Å². The average molecular weight is 647 g/mol. The first kappa shape index (κ1) is 40.0. The molecule has 14 N–H and O–H groups in total. The lowest BCUT2D eigenvalue weighted by molar-refractivity contribution is -0.145. The molecule has 6 atom stereocenters. The summed E-state index contributed by atoms with van der Waals surface area (Å²) in [5.74, 6) is -10.9. The van der Waals surface area contributed by atoms with Crippen molar-refractivity contribution in [1.29, 1.82) is 0 Å². The summed E-state index contributed by atoms with van der Waals surface area (Å²) >= 11 is 0. The second kappa shape index (κ2) is 20.0. The Morgan fingerprint density at radius 1 is 0.689 bits per heavy atom. The van der Waals surface area contributed by atoms with E-state index in [2.05, 4.69) is 26.3 Å². The Kier molecular flexibility index (Phi) is 17.8. The molecule has 45 heavy (non-hydrogen) atoms. The molecule has 0 bridgehead atoms. The third kappa shape index (κ3) is 16.4. The van der Waals surface area contributed by atoms with Crippen LogP contribution in [0.1, 0.15) is 58.8 Å². The number of amides is 4. The van der Waals surface area contributed by atoms with Crippen molar-refractivity contribution in [3.05, 3.63) is 0 Å². The number of aliphatic carboxylic acids is 4. The van der Waals surface area contributed by atoms with Crippen molar-refractivity contribution in [3.8, 4) is 0 Å². The van der Waals surface area contributed by atoms with Crippen LogP contribution in [-0.2, 0) is 38.4 Å². The van der Waals surface area contributed by atoms with Crippen molar-refractivity contribution < 1.29 is 58.8 Å². The SMILES string of the molecule is CC[C@H](C)[C@H](NC(=O)[C@H](CC(=O)O)NC(=O)[C@H](CCC(=O)O)NC(=O)[C@H](CCCN=C(N)N)NC(=O)[C@@H](N)CC(=O)O)C(=O)O. The predicted octanol–water partition coefficient (Wildman–Crippen LogP) is -3.75. The van der Waals surface area contributed by atoms with E-state index in [0.29, 0.717) is 6.42 Å². The van der Waals surface area contributed by atoms with Gasteiger partial charge in [-0.1, -0.05) is 20.3 Å². The third-order valence-corrected chi connectivity index (χ3v) is 6.38. The Bertz CT molecular complexity index is 1130. The van der Waals surface area contributed by atoms with Gasteiger partial charge in [-0.3, -0.25) is 38.6 Å². The number of nitrogens with two attached hydrogens (primary N) is 3. The maximum Gasteiger partial charge on any atom is 0.326 e. The van der Waals surface area contributed by atoms with Gasteiger partial charge in [0.2, 0.25) is 23.6 Å². The van der Waals surface area contributed by atoms with Crippen molar-refractivity contribution in [2.75, 3.05) is 6.54 Å². The minimum absolute atomic E-state index is 0.00601. The zero-order valence-electron chi connectivity index (χ0n) is 24.9. The summed E-state index contributed by atoms with van der Waals surface area (Å²) in [5, 5.41) is 45.6. The maximum atomic E-state index is 13.2. The Morgan fingerprint density at radius 2 is 1.18 bits per heavy atom. The topological polar surface area (TPSA) is 356 Å². The summed E-state index contributed by atoms with van der Waals surface area (Å²) in [7, 11) is 0. The van der Waals surface area contributed by atoms with Crippen LogP contribution >= 0.6 is 0 Å². The fraction of sp³-hybridized carbons (Fsp3) is 0.640. The average Bonchev–Trinajstić information content (AvgIpc) is 2.93. The van der Waals surface area contributed by atoms with Gasteiger partial charge < -0.3 is 58.9 Å². The monoisotopic (exact) mass is 646 g/mol. The molecule has 0 saturated carbocycles. The number of nitrogens with one attached hydrogen (secondary N) is 4. The first-order valence-electron chi connectivity index (χ1n) is 13.8. The summed E-state index contributed by atoms with van der Waals surface area (Å²) < 4.78 is 0. The van der Waals surface area contributed by atoms with Crippen LogP contribution in [0.25, 0.3) is 0 Å². The molecule has 254 valence electrons. The van der Waals surface area contributed by atoms with Gasteiger partial charge in [-0.25, -0.2) is 4.79 Å². The smallest absolute Gasteiger partial charge is 0.326 e. The number of nitrogens with zero attached hydrogens (tertiary/aromatic N) is 1. The largest absolute Gasteiger partial charge is 0.481 e. The molecule has 0 aromatic carbocycles. The molecule has 0 fully saturated rings. The number of carboxylic acid groups (broad SMARTS) is 4. The molecule has 20 heteroatoms. The summed E-state index contributed by atoms with van der Waals surface area (Å²) in [4.78, 5) is 101. The van der Waals surface area contributed by atoms with E-state index < -0.39 is 109 Å². The van der Waals surface area contributed by atoms with Crippen molar-refractivity contribution in [2.24, 2.45) is 28.1 Å². The van der Waals surface area contributed by atoms with Crippen molar-refractivity contribution in [2.45, 2.75) is 89.0 Å². The van der Waals surface area contributed by atoms with Crippen LogP contribution in [0.2, 0.25) is 0 Å². The van der Waals surface area contributed by atoms with Crippen LogP contribution in [0.5, 0.6) is 0 Å². The molecule has 0 aliphatic rings. The van der Waals surface area contributed by atoms with Gasteiger partial charge in [0.05, 0.1) is 18.9 Å². The van der Waals surface area contributed by atoms with Crippen LogP contribution in [0.4, 0.5) is 0 Å². The molecule has 20 nitrogen and oxygen atoms in total. The van der Waals surface area contributed by atoms with Gasteiger partial charge in [0, 0.05) is 13.0 Å². The molecule has 0 rings (SSSR count). The van der Waals surface area contributed by atoms with Crippen LogP contribution in [0, 0.1) is 5.92 Å². The van der Waals surface area contributed by atoms with E-state index in [1.807, 2.05) is 0 Å². The lowest BCUT2D eigenvalue weighted by atomic mass is 9.98. The summed E-state index contributed by atoms with van der Waals surface area (Å²) in [6.45, 7) is 3.20. The molecule has 4 amide bonds. The van der Waals surface area contributed by atoms with Crippen molar-refractivity contribution >= 4 is 53.5 Å². The summed E-state index contributed by atoms with van der Waals surface area (Å²) in [6.07, 6.45) is -2.71. The van der Waals surface area contributed by atoms with E-state index in [9.17, 15) is 48.6 Å². The Morgan fingerprint density at radius 3 is 1.64 bits per heavy atom. The highest BCUT2D eigenvalue weighted by Gasteiger charge is 2.34. The molecule has 0 aromatic rings. The summed E-state index contributed by atoms with van der Waals surface area (Å²) in [6, 6.07) is -7.94. The molecule has 0 aliphatic heterocycles. The zero-order valence-corrected chi connectivity index (χ0v) is 24.9. The van der Waals surface area contributed by atoms with E-state index in [1.165, 1.54) is 6.92 Å². The first-order valence-corrected chi connectivity index (χ1v) is 13.8. The predicted molar refractivity (Wildman–Crippen MR) is 154 cm³/mol. The number of guanidine groups is 1. The highest BCUT2D eigenvalue weighted by Crippen LogP contribution is 2.10. The minimum Gasteiger partial charge on any atom is -0.481 e. The number of aliphatic imine (C=N–C) groups is 1. The number of hydrogen-bond acceptors (Lipinski definition) is 10. The van der Waals surface area contributed by atoms with Gasteiger partial charge in [0.15, 0.2) is 5.96 Å². The fourth-order valence-corrected chi connectivity index (χ4v) is 3.73. The molecular formula is C25H42N8O12. The fourth-order valence-electron chi connectivity index (χ4n) is 3.73. The summed E-state index contributed by atoms with van der Waals surface area (Å²) in [5.41, 5.74) is 16.1. The van der Waals surface area contributed by atoms with Crippen LogP contribution in [0.3, 0.4) is 0 Å². The zero-order chi connectivity index (χ0) is 34.9. The van der Waals surface area contributed by atoms with Gasteiger partial charge >= 0.3 is 23.9 Å². The number of hydrogen-bond donors (Lipinski definition) is 11. The molecule has 0 aliphatic carbocycles. The number of rotatable bonds is 22. The van der Waals surface area contributed by atoms with Gasteiger partial charge in [-0.2, -0.15) is 0 Å². The van der Waals surface area contributed by atoms with Crippen LogP contribution < -0.4 is 38.5 Å². The lowest BCUT2D eigenvalue weighted by Crippen LogP contribution is -2.59. The maximum absolute atomic E-state index is 13.2. The molecule has 0 unspecified atom stereocenters. The lowest BCUT2D eigenvalue weighted by Gasteiger charge is -2.26. The van der Waals surface area contributed by atoms with E-state index >= 15 is 0 Å². The van der Waals surface area contributed by atoms with Gasteiger partial charge in [-0.15, -0.1) is 0 Å². The standard InChI is InChI=1S/C25H42N8O12/c1-3-11(2)19(24(44)45)33-23(43)15(10-18(38)39)32-22(42)14(6-7-16(34)35)31-21(41)13(5-4-8-29-25(27)28)30-20(40)12(26)9-17(36)37/h11-15,19H,3-10,26H2,1-2H3,(H,30,40)(H,31,41)(H,32,42)(H,33,43)(H,34,35)(H,36,37)(H,38,39)(H,44,45)(H4,27,28,29)/t11-,12-,13-,14-,15-,19-/m0/s1. The molecule has 0 aromatic heterocycles. The normalized spacial score (nSPS) is 14.6. The van der Waals surface area contributed by atoms with E-state index in [0.717, 1.165) is 0 Å². The van der Waals surface area contributed by atoms with Crippen molar-refractivity contribution in [3.63, 3.8) is 0 Å². The Balaban J connectivity index is 6.11. The van der Waals surface area contributed by atoms with Gasteiger partial charge in [0.25, 0.3) is 0 Å². The van der Waals surface area contributed by atoms with Gasteiger partial charge in [-0.05, 0) is 25.2 Å². The highest BCUT2D eigenvalue weighted by molar-refractivity contribution is 5.97. The Labute approximate surface area is 257 Å². The second-order valence-corrected chi connectivity index (χ2v) is 10.1. The third-order valence-electron chi connectivity index (χ3n) is 6.38. The minimum atomic E-state index is -1.82. The Hall–Kier alpha value is -5.01. The van der Waals surface area contributed by atoms with Crippen LogP contribution in [0.15, 0.2) is 4.99 Å². The highest BCUT2D eigenvalue weighted by atomic mass is 16.4. The number of carbonyl (C=O) groups excluding carboxylic acids is 4. The number of carbonyl (C=O) groups is 8. The number of carboxylic acids is 4.